The van der Waals surface area contributed by atoms with Crippen molar-refractivity contribution in [1.82, 2.24) is 14.5 Å². The molecule has 0 spiro atoms. The minimum atomic E-state index is -0.511. The number of esters is 1. The number of nitrogens with zero attached hydrogens (tertiary/aromatic N) is 3. The summed E-state index contributed by atoms with van der Waals surface area (Å²) < 4.78 is 12.5. The van der Waals surface area contributed by atoms with Gasteiger partial charge in [-0.05, 0) is 25.1 Å². The lowest BCUT2D eigenvalue weighted by atomic mass is 10.3. The van der Waals surface area contributed by atoms with E-state index in [0.717, 1.165) is 11.0 Å². The number of imidazole rings is 1. The zero-order valence-corrected chi connectivity index (χ0v) is 13.2. The van der Waals surface area contributed by atoms with Crippen LogP contribution in [0.4, 0.5) is 0 Å². The molecule has 0 saturated carbocycles. The molecule has 0 aliphatic carbocycles. The van der Waals surface area contributed by atoms with Crippen LogP contribution < -0.4 is 4.74 Å². The average molecular weight is 311 g/mol. The molecule has 6 heteroatoms. The van der Waals surface area contributed by atoms with Crippen LogP contribution in [0.2, 0.25) is 0 Å². The van der Waals surface area contributed by atoms with Crippen LogP contribution in [0.1, 0.15) is 29.3 Å². The van der Waals surface area contributed by atoms with E-state index in [0.29, 0.717) is 11.6 Å². The third-order valence-corrected chi connectivity index (χ3v) is 3.65. The van der Waals surface area contributed by atoms with Crippen LogP contribution in [0.15, 0.2) is 42.6 Å². The highest BCUT2D eigenvalue weighted by molar-refractivity contribution is 5.87. The number of hydrogen-bond acceptors (Lipinski definition) is 5. The number of pyridine rings is 1. The first-order valence-corrected chi connectivity index (χ1v) is 7.22. The Labute approximate surface area is 133 Å². The molecule has 1 aromatic carbocycles. The number of methoxy groups -OCH3 is 1. The van der Waals surface area contributed by atoms with Crippen molar-refractivity contribution < 1.29 is 14.3 Å². The summed E-state index contributed by atoms with van der Waals surface area (Å²) in [6, 6.07) is 11.0. The summed E-state index contributed by atoms with van der Waals surface area (Å²) in [5, 5.41) is 0. The normalized spacial score (nSPS) is 12.1. The minimum Gasteiger partial charge on any atom is -0.497 e. The first-order chi connectivity index (χ1) is 11.1. The third kappa shape index (κ3) is 2.88. The molecule has 3 rings (SSSR count). The van der Waals surface area contributed by atoms with Gasteiger partial charge in [-0.3, -0.25) is 0 Å². The SMILES string of the molecule is COc1ccnc(C(=O)OC(C)c2nc3ccccc3n2C)c1. The van der Waals surface area contributed by atoms with Crippen molar-refractivity contribution in [3.05, 3.63) is 54.1 Å². The fraction of sp³-hybridized carbons (Fsp3) is 0.235. The molecule has 0 fully saturated rings. The lowest BCUT2D eigenvalue weighted by Crippen LogP contribution is -2.14. The van der Waals surface area contributed by atoms with Gasteiger partial charge in [-0.1, -0.05) is 12.1 Å². The fourth-order valence-corrected chi connectivity index (χ4v) is 2.45. The van der Waals surface area contributed by atoms with E-state index < -0.39 is 12.1 Å². The van der Waals surface area contributed by atoms with Crippen molar-refractivity contribution in [3.63, 3.8) is 0 Å². The smallest absolute Gasteiger partial charge is 0.357 e. The van der Waals surface area contributed by atoms with Crippen molar-refractivity contribution >= 4 is 17.0 Å². The largest absolute Gasteiger partial charge is 0.497 e. The molecule has 23 heavy (non-hydrogen) atoms. The molecule has 0 amide bonds. The molecular weight excluding hydrogens is 294 g/mol. The molecule has 0 saturated heterocycles. The van der Waals surface area contributed by atoms with Crippen LogP contribution in [-0.2, 0) is 11.8 Å². The molecule has 2 heterocycles. The van der Waals surface area contributed by atoms with Crippen LogP contribution in [0.5, 0.6) is 5.75 Å². The average Bonchev–Trinajstić information content (AvgIpc) is 2.92. The number of rotatable bonds is 4. The zero-order valence-electron chi connectivity index (χ0n) is 13.2. The number of aryl methyl sites for hydroxylation is 1. The maximum absolute atomic E-state index is 12.2. The van der Waals surface area contributed by atoms with Gasteiger partial charge < -0.3 is 14.0 Å². The number of carbonyl (C=O) groups is 1. The third-order valence-electron chi connectivity index (χ3n) is 3.65. The fourth-order valence-electron chi connectivity index (χ4n) is 2.45. The van der Waals surface area contributed by atoms with E-state index in [1.807, 2.05) is 35.9 Å². The number of fused-ring (bicyclic) bond motifs is 1. The van der Waals surface area contributed by atoms with Gasteiger partial charge in [-0.25, -0.2) is 14.8 Å². The first kappa shape index (κ1) is 15.0. The number of para-hydroxylation sites is 2. The number of hydrogen-bond donors (Lipinski definition) is 0. The molecule has 0 bridgehead atoms. The quantitative estimate of drug-likeness (QED) is 0.693. The molecule has 3 aromatic rings. The first-order valence-electron chi connectivity index (χ1n) is 7.22. The minimum absolute atomic E-state index is 0.204. The van der Waals surface area contributed by atoms with Gasteiger partial charge in [0, 0.05) is 19.3 Å². The van der Waals surface area contributed by atoms with Crippen molar-refractivity contribution in [2.75, 3.05) is 7.11 Å². The molecule has 1 unspecified atom stereocenters. The van der Waals surface area contributed by atoms with Gasteiger partial charge in [0.2, 0.25) is 0 Å². The maximum Gasteiger partial charge on any atom is 0.357 e. The van der Waals surface area contributed by atoms with E-state index in [4.69, 9.17) is 9.47 Å². The Bertz CT molecular complexity index is 857. The Morgan fingerprint density at radius 2 is 2.04 bits per heavy atom. The van der Waals surface area contributed by atoms with Crippen LogP contribution in [-0.4, -0.2) is 27.6 Å². The van der Waals surface area contributed by atoms with E-state index in [1.165, 1.54) is 13.3 Å². The summed E-state index contributed by atoms with van der Waals surface area (Å²) in [6.07, 6.45) is 1.02. The summed E-state index contributed by atoms with van der Waals surface area (Å²) >= 11 is 0. The summed E-state index contributed by atoms with van der Waals surface area (Å²) in [5.74, 6) is 0.730. The zero-order chi connectivity index (χ0) is 16.4. The molecule has 0 radical (unpaired) electrons. The second kappa shape index (κ2) is 6.08. The maximum atomic E-state index is 12.2. The predicted molar refractivity (Wildman–Crippen MR) is 85.3 cm³/mol. The lowest BCUT2D eigenvalue weighted by Gasteiger charge is -2.13. The van der Waals surface area contributed by atoms with Gasteiger partial charge in [0.1, 0.15) is 5.75 Å². The highest BCUT2D eigenvalue weighted by Crippen LogP contribution is 2.22. The lowest BCUT2D eigenvalue weighted by molar-refractivity contribution is 0.0308. The Morgan fingerprint density at radius 3 is 2.78 bits per heavy atom. The van der Waals surface area contributed by atoms with Gasteiger partial charge in [0.15, 0.2) is 17.6 Å². The van der Waals surface area contributed by atoms with Gasteiger partial charge in [0.05, 0.1) is 18.1 Å². The molecular formula is C17H17N3O3. The monoisotopic (exact) mass is 311 g/mol. The topological polar surface area (TPSA) is 66.2 Å². The van der Waals surface area contributed by atoms with Gasteiger partial charge >= 0.3 is 5.97 Å². The summed E-state index contributed by atoms with van der Waals surface area (Å²) in [6.45, 7) is 1.79. The van der Waals surface area contributed by atoms with Crippen molar-refractivity contribution in [3.8, 4) is 5.75 Å². The number of aromatic nitrogens is 3. The van der Waals surface area contributed by atoms with E-state index in [2.05, 4.69) is 9.97 Å². The number of ether oxygens (including phenoxy) is 2. The highest BCUT2D eigenvalue weighted by atomic mass is 16.5. The molecule has 6 nitrogen and oxygen atoms in total. The number of carbonyl (C=O) groups excluding carboxylic acids is 1. The van der Waals surface area contributed by atoms with Crippen LogP contribution in [0, 0.1) is 0 Å². The molecule has 1 atom stereocenters. The Kier molecular flexibility index (Phi) is 3.97. The predicted octanol–water partition coefficient (Wildman–Crippen LogP) is 2.89. The second-order valence-electron chi connectivity index (χ2n) is 5.15. The van der Waals surface area contributed by atoms with Gasteiger partial charge in [-0.2, -0.15) is 0 Å². The Balaban J connectivity index is 1.83. The van der Waals surface area contributed by atoms with E-state index >= 15 is 0 Å². The standard InChI is InChI=1S/C17H17N3O3/c1-11(16-19-13-6-4-5-7-15(13)20(16)2)23-17(21)14-10-12(22-3)8-9-18-14/h4-11H,1-3H3. The van der Waals surface area contributed by atoms with E-state index in [1.54, 1.807) is 19.1 Å². The van der Waals surface area contributed by atoms with Gasteiger partial charge in [-0.15, -0.1) is 0 Å². The van der Waals surface area contributed by atoms with E-state index in [-0.39, 0.29) is 5.69 Å². The molecule has 0 aliphatic rings. The molecule has 0 N–H and O–H groups in total. The summed E-state index contributed by atoms with van der Waals surface area (Å²) in [7, 11) is 3.44. The molecule has 2 aromatic heterocycles. The van der Waals surface area contributed by atoms with Crippen LogP contribution >= 0.6 is 0 Å². The Hall–Kier alpha value is -2.89. The summed E-state index contributed by atoms with van der Waals surface area (Å²) in [5.41, 5.74) is 2.06. The van der Waals surface area contributed by atoms with Crippen LogP contribution in [0.3, 0.4) is 0 Å². The number of benzene rings is 1. The van der Waals surface area contributed by atoms with E-state index in [9.17, 15) is 4.79 Å². The Morgan fingerprint density at radius 1 is 1.26 bits per heavy atom. The second-order valence-corrected chi connectivity index (χ2v) is 5.15. The molecule has 118 valence electrons. The molecule has 0 aliphatic heterocycles. The summed E-state index contributed by atoms with van der Waals surface area (Å²) in [4.78, 5) is 20.8. The highest BCUT2D eigenvalue weighted by Gasteiger charge is 2.20. The van der Waals surface area contributed by atoms with Gasteiger partial charge in [0.25, 0.3) is 0 Å². The van der Waals surface area contributed by atoms with Crippen molar-refractivity contribution in [2.45, 2.75) is 13.0 Å². The van der Waals surface area contributed by atoms with Crippen LogP contribution in [0.25, 0.3) is 11.0 Å². The van der Waals surface area contributed by atoms with Crippen molar-refractivity contribution in [1.29, 1.82) is 0 Å². The van der Waals surface area contributed by atoms with Crippen molar-refractivity contribution in [2.24, 2.45) is 7.05 Å².